The third kappa shape index (κ3) is 3.02. The number of halogens is 3. The summed E-state index contributed by atoms with van der Waals surface area (Å²) >= 11 is 10.4. The number of benzene rings is 2. The predicted octanol–water partition coefficient (Wildman–Crippen LogP) is 5.27. The maximum Gasteiger partial charge on any atom is 0.344 e. The van der Waals surface area contributed by atoms with Crippen LogP contribution < -0.4 is 14.8 Å². The van der Waals surface area contributed by atoms with Crippen molar-refractivity contribution in [1.29, 1.82) is 0 Å². The molecule has 1 N–H and O–H groups in total. The van der Waals surface area contributed by atoms with Crippen LogP contribution in [-0.2, 0) is 4.74 Å². The number of cyclic esters (lactones) is 1. The van der Waals surface area contributed by atoms with E-state index in [1.54, 1.807) is 12.1 Å². The highest BCUT2D eigenvalue weighted by Gasteiger charge is 2.36. The molecule has 1 aliphatic rings. The fourth-order valence-corrected chi connectivity index (χ4v) is 5.01. The van der Waals surface area contributed by atoms with Gasteiger partial charge < -0.3 is 19.5 Å². The van der Waals surface area contributed by atoms with Gasteiger partial charge >= 0.3 is 5.97 Å². The van der Waals surface area contributed by atoms with Gasteiger partial charge in [-0.3, -0.25) is 0 Å². The minimum atomic E-state index is -0.624. The monoisotopic (exact) mass is 519 g/mol. The molecule has 3 rings (SSSR count). The standard InChI is InChI=1S/C16H12Br3NO4/c1-22-11-4-3-8-12(14(11)23-2)16(21)24-15(8)20-13-9(18)5-7(17)6-10(13)19/h3-6,15,20H,1-2H3. The first-order valence-corrected chi connectivity index (χ1v) is 9.21. The molecule has 1 atom stereocenters. The van der Waals surface area contributed by atoms with Gasteiger partial charge in [-0.05, 0) is 56.1 Å². The number of esters is 1. The molecule has 0 aliphatic carbocycles. The van der Waals surface area contributed by atoms with E-state index in [1.165, 1.54) is 14.2 Å². The predicted molar refractivity (Wildman–Crippen MR) is 101 cm³/mol. The zero-order valence-electron chi connectivity index (χ0n) is 12.7. The Morgan fingerprint density at radius 3 is 2.33 bits per heavy atom. The molecule has 0 fully saturated rings. The molecule has 0 amide bonds. The van der Waals surface area contributed by atoms with Crippen LogP contribution in [0.25, 0.3) is 0 Å². The van der Waals surface area contributed by atoms with Gasteiger partial charge in [0.1, 0.15) is 5.56 Å². The first-order valence-electron chi connectivity index (χ1n) is 6.83. The van der Waals surface area contributed by atoms with Crippen LogP contribution in [0.1, 0.15) is 22.1 Å². The summed E-state index contributed by atoms with van der Waals surface area (Å²) in [5.41, 5.74) is 1.84. The number of rotatable bonds is 4. The summed E-state index contributed by atoms with van der Waals surface area (Å²) < 4.78 is 18.6. The Kier molecular flexibility index (Phi) is 5.08. The lowest BCUT2D eigenvalue weighted by Gasteiger charge is -2.17. The number of anilines is 1. The molecule has 24 heavy (non-hydrogen) atoms. The van der Waals surface area contributed by atoms with Gasteiger partial charge in [0.05, 0.1) is 19.9 Å². The highest BCUT2D eigenvalue weighted by atomic mass is 79.9. The number of carbonyl (C=O) groups excluding carboxylic acids is 1. The Morgan fingerprint density at radius 1 is 1.08 bits per heavy atom. The number of methoxy groups -OCH3 is 2. The van der Waals surface area contributed by atoms with Gasteiger partial charge in [-0.2, -0.15) is 0 Å². The molecule has 1 unspecified atom stereocenters. The maximum absolute atomic E-state index is 12.3. The molecule has 0 spiro atoms. The fourth-order valence-electron chi connectivity index (χ4n) is 2.52. The zero-order chi connectivity index (χ0) is 17.4. The van der Waals surface area contributed by atoms with Gasteiger partial charge in [0.15, 0.2) is 11.5 Å². The van der Waals surface area contributed by atoms with Crippen molar-refractivity contribution >= 4 is 59.4 Å². The number of hydrogen-bond acceptors (Lipinski definition) is 5. The Labute approximate surface area is 164 Å². The van der Waals surface area contributed by atoms with Crippen LogP contribution in [0.4, 0.5) is 5.69 Å². The van der Waals surface area contributed by atoms with E-state index in [4.69, 9.17) is 14.2 Å². The van der Waals surface area contributed by atoms with Crippen molar-refractivity contribution in [1.82, 2.24) is 0 Å². The molecular weight excluding hydrogens is 510 g/mol. The molecule has 2 aromatic rings. The summed E-state index contributed by atoms with van der Waals surface area (Å²) in [5.74, 6) is 0.403. The van der Waals surface area contributed by atoms with E-state index < -0.39 is 12.2 Å². The fraction of sp³-hybridized carbons (Fsp3) is 0.188. The Balaban J connectivity index is 2.02. The van der Waals surface area contributed by atoms with Gasteiger partial charge in [-0.25, -0.2) is 4.79 Å². The first kappa shape index (κ1) is 17.6. The normalized spacial score (nSPS) is 15.7. The Morgan fingerprint density at radius 2 is 1.75 bits per heavy atom. The summed E-state index contributed by atoms with van der Waals surface area (Å²) in [4.78, 5) is 12.3. The van der Waals surface area contributed by atoms with E-state index in [9.17, 15) is 4.79 Å². The third-order valence-corrected chi connectivity index (χ3v) is 5.28. The lowest BCUT2D eigenvalue weighted by molar-refractivity contribution is 0.0435. The molecule has 2 aromatic carbocycles. The zero-order valence-corrected chi connectivity index (χ0v) is 17.4. The highest BCUT2D eigenvalue weighted by Crippen LogP contribution is 2.44. The van der Waals surface area contributed by atoms with Crippen molar-refractivity contribution in [2.24, 2.45) is 0 Å². The van der Waals surface area contributed by atoms with Crippen LogP contribution in [0.2, 0.25) is 0 Å². The average Bonchev–Trinajstić information content (AvgIpc) is 2.86. The number of hydrogen-bond donors (Lipinski definition) is 1. The van der Waals surface area contributed by atoms with Crippen molar-refractivity contribution in [3.05, 3.63) is 48.8 Å². The maximum atomic E-state index is 12.3. The van der Waals surface area contributed by atoms with Crippen LogP contribution in [0.5, 0.6) is 11.5 Å². The Bertz CT molecular complexity index is 802. The van der Waals surface area contributed by atoms with Crippen LogP contribution in [0.3, 0.4) is 0 Å². The van der Waals surface area contributed by atoms with E-state index in [0.29, 0.717) is 22.6 Å². The van der Waals surface area contributed by atoms with E-state index in [2.05, 4.69) is 53.1 Å². The van der Waals surface area contributed by atoms with E-state index in [1.807, 2.05) is 12.1 Å². The minimum Gasteiger partial charge on any atom is -0.493 e. The summed E-state index contributed by atoms with van der Waals surface area (Å²) in [6.45, 7) is 0. The molecule has 5 nitrogen and oxygen atoms in total. The van der Waals surface area contributed by atoms with Crippen LogP contribution in [-0.4, -0.2) is 20.2 Å². The number of fused-ring (bicyclic) bond motifs is 1. The first-order chi connectivity index (χ1) is 11.5. The van der Waals surface area contributed by atoms with E-state index in [-0.39, 0.29) is 0 Å². The van der Waals surface area contributed by atoms with Crippen molar-refractivity contribution in [2.75, 3.05) is 19.5 Å². The van der Waals surface area contributed by atoms with Gasteiger partial charge in [0, 0.05) is 19.0 Å². The molecule has 0 radical (unpaired) electrons. The number of nitrogens with one attached hydrogen (secondary N) is 1. The summed E-state index contributed by atoms with van der Waals surface area (Å²) in [6.07, 6.45) is -0.624. The van der Waals surface area contributed by atoms with Crippen LogP contribution >= 0.6 is 47.8 Å². The molecule has 0 saturated carbocycles. The quantitative estimate of drug-likeness (QED) is 0.555. The highest BCUT2D eigenvalue weighted by molar-refractivity contribution is 9.11. The molecule has 1 heterocycles. The lowest BCUT2D eigenvalue weighted by Crippen LogP contribution is -2.11. The molecule has 1 aliphatic heterocycles. The second-order valence-corrected chi connectivity index (χ2v) is 7.56. The smallest absolute Gasteiger partial charge is 0.344 e. The topological polar surface area (TPSA) is 56.8 Å². The lowest BCUT2D eigenvalue weighted by atomic mass is 10.1. The molecule has 126 valence electrons. The molecule has 0 saturated heterocycles. The van der Waals surface area contributed by atoms with Crippen molar-refractivity contribution in [3.63, 3.8) is 0 Å². The van der Waals surface area contributed by atoms with Crippen LogP contribution in [0.15, 0.2) is 37.7 Å². The van der Waals surface area contributed by atoms with Crippen molar-refractivity contribution in [3.8, 4) is 11.5 Å². The van der Waals surface area contributed by atoms with Crippen molar-refractivity contribution in [2.45, 2.75) is 6.23 Å². The molecule has 0 bridgehead atoms. The second-order valence-electron chi connectivity index (χ2n) is 4.94. The van der Waals surface area contributed by atoms with Gasteiger partial charge in [-0.1, -0.05) is 15.9 Å². The third-order valence-electron chi connectivity index (χ3n) is 3.57. The Hall–Kier alpha value is -1.25. The largest absolute Gasteiger partial charge is 0.493 e. The van der Waals surface area contributed by atoms with Crippen molar-refractivity contribution < 1.29 is 19.0 Å². The molecular formula is C16H12Br3NO4. The second kappa shape index (κ2) is 6.93. The average molecular weight is 522 g/mol. The summed E-state index contributed by atoms with van der Waals surface area (Å²) in [6, 6.07) is 7.35. The molecule has 8 heteroatoms. The SMILES string of the molecule is COc1ccc2c(c1OC)C(=O)OC2Nc1c(Br)cc(Br)cc1Br. The van der Waals surface area contributed by atoms with Gasteiger partial charge in [-0.15, -0.1) is 0 Å². The number of ether oxygens (including phenoxy) is 3. The van der Waals surface area contributed by atoms with Gasteiger partial charge in [0.25, 0.3) is 0 Å². The number of carbonyl (C=O) groups is 1. The van der Waals surface area contributed by atoms with E-state index in [0.717, 1.165) is 19.1 Å². The van der Waals surface area contributed by atoms with Gasteiger partial charge in [0.2, 0.25) is 6.23 Å². The minimum absolute atomic E-state index is 0.373. The molecule has 0 aromatic heterocycles. The summed E-state index contributed by atoms with van der Waals surface area (Å²) in [5, 5.41) is 3.23. The summed E-state index contributed by atoms with van der Waals surface area (Å²) in [7, 11) is 3.02. The van der Waals surface area contributed by atoms with Crippen LogP contribution in [0, 0.1) is 0 Å². The van der Waals surface area contributed by atoms with E-state index >= 15 is 0 Å².